The molecule has 2 aromatic rings. The first-order chi connectivity index (χ1) is 13.4. The van der Waals surface area contributed by atoms with Crippen LogP contribution in [0, 0.1) is 13.8 Å². The summed E-state index contributed by atoms with van der Waals surface area (Å²) in [5.74, 6) is -0.719. The molecular weight excluding hydrogens is 374 g/mol. The highest BCUT2D eigenvalue weighted by atomic mass is 32.2. The fourth-order valence-corrected chi connectivity index (χ4v) is 3.12. The summed E-state index contributed by atoms with van der Waals surface area (Å²) in [4.78, 5) is 35.8. The molecule has 0 radical (unpaired) electrons. The van der Waals surface area contributed by atoms with E-state index in [-0.39, 0.29) is 29.2 Å². The fraction of sp³-hybridized carbons (Fsp3) is 0.286. The molecule has 148 valence electrons. The van der Waals surface area contributed by atoms with Gasteiger partial charge in [0.1, 0.15) is 0 Å². The number of carbonyl (C=O) groups excluding carboxylic acids is 3. The number of anilines is 1. The summed E-state index contributed by atoms with van der Waals surface area (Å²) in [7, 11) is 0. The monoisotopic (exact) mass is 399 g/mol. The van der Waals surface area contributed by atoms with Crippen LogP contribution in [0.25, 0.3) is 0 Å². The lowest BCUT2D eigenvalue weighted by Gasteiger charge is -2.10. The number of rotatable bonds is 7. The number of amides is 3. The second-order valence-corrected chi connectivity index (χ2v) is 7.40. The van der Waals surface area contributed by atoms with Crippen LogP contribution in [0.2, 0.25) is 0 Å². The number of nitrogens with one attached hydrogen (secondary N) is 3. The van der Waals surface area contributed by atoms with Crippen molar-refractivity contribution in [3.05, 3.63) is 64.7 Å². The lowest BCUT2D eigenvalue weighted by Crippen LogP contribution is -2.42. The highest BCUT2D eigenvalue weighted by molar-refractivity contribution is 8.00. The molecule has 6 nitrogen and oxygen atoms in total. The highest BCUT2D eigenvalue weighted by Crippen LogP contribution is 2.16. The quantitative estimate of drug-likeness (QED) is 0.625. The number of benzene rings is 2. The molecule has 0 aliphatic rings. The molecule has 0 aliphatic carbocycles. The van der Waals surface area contributed by atoms with Crippen LogP contribution in [0.3, 0.4) is 0 Å². The lowest BCUT2D eigenvalue weighted by atomic mass is 10.1. The van der Waals surface area contributed by atoms with Crippen LogP contribution in [0.1, 0.15) is 34.0 Å². The maximum Gasteiger partial charge on any atom is 0.269 e. The van der Waals surface area contributed by atoms with Gasteiger partial charge in [-0.3, -0.25) is 25.2 Å². The van der Waals surface area contributed by atoms with E-state index in [1.54, 1.807) is 12.1 Å². The Bertz CT molecular complexity index is 850. The number of aryl methyl sites for hydroxylation is 3. The summed E-state index contributed by atoms with van der Waals surface area (Å²) in [5, 5.41) is 2.83. The Morgan fingerprint density at radius 2 is 1.57 bits per heavy atom. The normalized spacial score (nSPS) is 10.2. The molecule has 2 aromatic carbocycles. The average Bonchev–Trinajstić information content (AvgIpc) is 2.68. The van der Waals surface area contributed by atoms with E-state index in [1.165, 1.54) is 11.8 Å². The molecule has 0 saturated heterocycles. The van der Waals surface area contributed by atoms with E-state index < -0.39 is 0 Å². The predicted octanol–water partition coefficient (Wildman–Crippen LogP) is 3.00. The fourth-order valence-electron chi connectivity index (χ4n) is 2.50. The van der Waals surface area contributed by atoms with E-state index in [4.69, 9.17) is 0 Å². The standard InChI is InChI=1S/C21H25N3O3S/c1-4-16-6-8-17(9-7-16)21(27)24-23-20(26)13-28-12-19(25)22-18-10-5-14(2)11-15(18)3/h5-11H,4,12-13H2,1-3H3,(H,22,25)(H,23,26)(H,24,27). The zero-order chi connectivity index (χ0) is 20.5. The number of hydrogen-bond donors (Lipinski definition) is 3. The molecule has 28 heavy (non-hydrogen) atoms. The summed E-state index contributed by atoms with van der Waals surface area (Å²) >= 11 is 1.17. The van der Waals surface area contributed by atoms with Gasteiger partial charge in [0, 0.05) is 11.3 Å². The van der Waals surface area contributed by atoms with Crippen molar-refractivity contribution < 1.29 is 14.4 Å². The third-order valence-electron chi connectivity index (χ3n) is 4.06. The Balaban J connectivity index is 1.68. The van der Waals surface area contributed by atoms with E-state index in [0.717, 1.165) is 28.8 Å². The summed E-state index contributed by atoms with van der Waals surface area (Å²) < 4.78 is 0. The molecule has 0 aromatic heterocycles. The minimum Gasteiger partial charge on any atom is -0.325 e. The van der Waals surface area contributed by atoms with E-state index >= 15 is 0 Å². The van der Waals surface area contributed by atoms with Crippen molar-refractivity contribution in [3.63, 3.8) is 0 Å². The van der Waals surface area contributed by atoms with Crippen LogP contribution in [0.5, 0.6) is 0 Å². The van der Waals surface area contributed by atoms with Crippen LogP contribution in [-0.4, -0.2) is 29.2 Å². The van der Waals surface area contributed by atoms with Gasteiger partial charge in [-0.15, -0.1) is 11.8 Å². The smallest absolute Gasteiger partial charge is 0.269 e. The molecule has 7 heteroatoms. The molecule has 0 unspecified atom stereocenters. The van der Waals surface area contributed by atoms with Gasteiger partial charge < -0.3 is 5.32 Å². The molecule has 0 aliphatic heterocycles. The van der Waals surface area contributed by atoms with Gasteiger partial charge in [-0.1, -0.05) is 36.8 Å². The third-order valence-corrected chi connectivity index (χ3v) is 4.99. The Kier molecular flexibility index (Phi) is 8.07. The first kappa shape index (κ1) is 21.5. The summed E-state index contributed by atoms with van der Waals surface area (Å²) in [6.07, 6.45) is 0.896. The molecule has 0 spiro atoms. The van der Waals surface area contributed by atoms with Gasteiger partial charge in [-0.2, -0.15) is 0 Å². The molecule has 2 rings (SSSR count). The van der Waals surface area contributed by atoms with Crippen molar-refractivity contribution in [2.24, 2.45) is 0 Å². The number of hydrogen-bond acceptors (Lipinski definition) is 4. The summed E-state index contributed by atoms with van der Waals surface area (Å²) in [6.45, 7) is 5.96. The Labute approximate surface area is 169 Å². The van der Waals surface area contributed by atoms with Gasteiger partial charge in [0.25, 0.3) is 5.91 Å². The van der Waals surface area contributed by atoms with E-state index in [0.29, 0.717) is 5.56 Å². The second kappa shape index (κ2) is 10.5. The Hall–Kier alpha value is -2.80. The minimum atomic E-state index is -0.381. The van der Waals surface area contributed by atoms with Gasteiger partial charge in [0.05, 0.1) is 11.5 Å². The largest absolute Gasteiger partial charge is 0.325 e. The van der Waals surface area contributed by atoms with Gasteiger partial charge in [-0.05, 0) is 49.6 Å². The molecule has 3 N–H and O–H groups in total. The molecule has 0 heterocycles. The summed E-state index contributed by atoms with van der Waals surface area (Å²) in [6, 6.07) is 13.0. The average molecular weight is 400 g/mol. The molecule has 0 saturated carbocycles. The highest BCUT2D eigenvalue weighted by Gasteiger charge is 2.09. The molecule has 0 fully saturated rings. The van der Waals surface area contributed by atoms with Crippen molar-refractivity contribution in [3.8, 4) is 0 Å². The van der Waals surface area contributed by atoms with Crippen LogP contribution in [0.15, 0.2) is 42.5 Å². The topological polar surface area (TPSA) is 87.3 Å². The summed E-state index contributed by atoms with van der Waals surface area (Å²) in [5.41, 5.74) is 9.22. The maximum atomic E-state index is 12.0. The lowest BCUT2D eigenvalue weighted by molar-refractivity contribution is -0.119. The second-order valence-electron chi connectivity index (χ2n) is 6.41. The molecule has 0 bridgehead atoms. The van der Waals surface area contributed by atoms with Crippen molar-refractivity contribution in [2.45, 2.75) is 27.2 Å². The van der Waals surface area contributed by atoms with Crippen molar-refractivity contribution in [2.75, 3.05) is 16.8 Å². The van der Waals surface area contributed by atoms with E-state index in [1.807, 2.05) is 51.1 Å². The van der Waals surface area contributed by atoms with E-state index in [9.17, 15) is 14.4 Å². The maximum absolute atomic E-state index is 12.0. The van der Waals surface area contributed by atoms with Crippen molar-refractivity contribution >= 4 is 35.2 Å². The molecular formula is C21H25N3O3S. The van der Waals surface area contributed by atoms with Crippen molar-refractivity contribution in [1.82, 2.24) is 10.9 Å². The molecule has 3 amide bonds. The van der Waals surface area contributed by atoms with Gasteiger partial charge in [-0.25, -0.2) is 0 Å². The SMILES string of the molecule is CCc1ccc(C(=O)NNC(=O)CSCC(=O)Nc2ccc(C)cc2C)cc1. The number of thioether (sulfide) groups is 1. The van der Waals surface area contributed by atoms with Crippen LogP contribution in [-0.2, 0) is 16.0 Å². The van der Waals surface area contributed by atoms with Crippen LogP contribution >= 0.6 is 11.8 Å². The predicted molar refractivity (Wildman–Crippen MR) is 113 cm³/mol. The van der Waals surface area contributed by atoms with Crippen molar-refractivity contribution in [1.29, 1.82) is 0 Å². The van der Waals surface area contributed by atoms with E-state index in [2.05, 4.69) is 16.2 Å². The number of hydrazine groups is 1. The van der Waals surface area contributed by atoms with Gasteiger partial charge in [0.2, 0.25) is 11.8 Å². The molecule has 0 atom stereocenters. The zero-order valence-corrected chi connectivity index (χ0v) is 17.1. The van der Waals surface area contributed by atoms with Gasteiger partial charge >= 0.3 is 0 Å². The number of carbonyl (C=O) groups is 3. The third kappa shape index (κ3) is 6.74. The van der Waals surface area contributed by atoms with Crippen LogP contribution in [0.4, 0.5) is 5.69 Å². The van der Waals surface area contributed by atoms with Gasteiger partial charge in [0.15, 0.2) is 0 Å². The Morgan fingerprint density at radius 1 is 0.893 bits per heavy atom. The van der Waals surface area contributed by atoms with Crippen LogP contribution < -0.4 is 16.2 Å². The Morgan fingerprint density at radius 3 is 2.21 bits per heavy atom. The first-order valence-electron chi connectivity index (χ1n) is 9.02. The zero-order valence-electron chi connectivity index (χ0n) is 16.3. The first-order valence-corrected chi connectivity index (χ1v) is 10.2. The minimum absolute atomic E-state index is 0.0648.